The third-order valence-electron chi connectivity index (χ3n) is 4.03. The van der Waals surface area contributed by atoms with Crippen LogP contribution in [0.15, 0.2) is 35.0 Å². The molecule has 1 aliphatic carbocycles. The summed E-state index contributed by atoms with van der Waals surface area (Å²) in [5.74, 6) is 0.422. The minimum atomic E-state index is -0.728. The van der Waals surface area contributed by atoms with Gasteiger partial charge in [0.25, 0.3) is 0 Å². The van der Waals surface area contributed by atoms with Gasteiger partial charge in [-0.3, -0.25) is 4.79 Å². The molecule has 2 aromatic rings. The molecule has 21 heavy (non-hydrogen) atoms. The zero-order valence-corrected chi connectivity index (χ0v) is 13.8. The second kappa shape index (κ2) is 5.91. The molecule has 1 aliphatic rings. The third-order valence-corrected chi connectivity index (χ3v) is 5.75. The van der Waals surface area contributed by atoms with Gasteiger partial charge in [-0.1, -0.05) is 12.1 Å². The Morgan fingerprint density at radius 2 is 1.76 bits per heavy atom. The maximum atomic E-state index is 12.9. The van der Waals surface area contributed by atoms with Crippen molar-refractivity contribution in [2.45, 2.75) is 38.4 Å². The van der Waals surface area contributed by atoms with E-state index < -0.39 is 5.54 Å². The van der Waals surface area contributed by atoms with E-state index in [4.69, 9.17) is 5.73 Å². The summed E-state index contributed by atoms with van der Waals surface area (Å²) in [6.45, 7) is 3.19. The normalized spacial score (nSPS) is 17.4. The van der Waals surface area contributed by atoms with E-state index in [2.05, 4.69) is 12.1 Å². The Kier molecular flexibility index (Phi) is 4.15. The van der Waals surface area contributed by atoms with Crippen molar-refractivity contribution in [3.05, 3.63) is 44.8 Å². The number of thiophene rings is 2. The van der Waals surface area contributed by atoms with Gasteiger partial charge in [0.2, 0.25) is 5.91 Å². The Hall–Kier alpha value is -1.17. The quantitative estimate of drug-likeness (QED) is 0.886. The molecule has 0 saturated heterocycles. The van der Waals surface area contributed by atoms with Gasteiger partial charge in [0, 0.05) is 9.75 Å². The molecule has 1 unspecified atom stereocenters. The molecule has 1 amide bonds. The highest BCUT2D eigenvalue weighted by Gasteiger charge is 2.45. The molecule has 1 fully saturated rings. The molecule has 0 radical (unpaired) electrons. The van der Waals surface area contributed by atoms with Crippen LogP contribution in [0.5, 0.6) is 0 Å². The van der Waals surface area contributed by atoms with Crippen LogP contribution in [-0.4, -0.2) is 16.3 Å². The number of amides is 1. The summed E-state index contributed by atoms with van der Waals surface area (Å²) in [6, 6.07) is 8.20. The van der Waals surface area contributed by atoms with Gasteiger partial charge in [-0.2, -0.15) is 0 Å². The van der Waals surface area contributed by atoms with Crippen LogP contribution < -0.4 is 5.73 Å². The average molecular weight is 320 g/mol. The van der Waals surface area contributed by atoms with Crippen molar-refractivity contribution in [3.63, 3.8) is 0 Å². The van der Waals surface area contributed by atoms with Gasteiger partial charge in [-0.25, -0.2) is 0 Å². The number of carbonyl (C=O) groups is 1. The van der Waals surface area contributed by atoms with E-state index in [-0.39, 0.29) is 5.91 Å². The molecule has 2 aromatic heterocycles. The van der Waals surface area contributed by atoms with Crippen LogP contribution in [0.25, 0.3) is 0 Å². The first-order valence-corrected chi connectivity index (χ1v) is 8.96. The lowest BCUT2D eigenvalue weighted by Crippen LogP contribution is -2.54. The zero-order valence-electron chi connectivity index (χ0n) is 12.1. The van der Waals surface area contributed by atoms with Crippen molar-refractivity contribution in [2.24, 2.45) is 11.7 Å². The van der Waals surface area contributed by atoms with Crippen LogP contribution in [0.1, 0.15) is 29.5 Å². The van der Waals surface area contributed by atoms with Crippen molar-refractivity contribution in [1.82, 2.24) is 4.90 Å². The van der Waals surface area contributed by atoms with Crippen LogP contribution in [0.2, 0.25) is 0 Å². The van der Waals surface area contributed by atoms with Crippen LogP contribution in [0.3, 0.4) is 0 Å². The van der Waals surface area contributed by atoms with Crippen molar-refractivity contribution in [1.29, 1.82) is 0 Å². The molecule has 3 rings (SSSR count). The van der Waals surface area contributed by atoms with Gasteiger partial charge < -0.3 is 10.6 Å². The molecule has 3 nitrogen and oxygen atoms in total. The minimum Gasteiger partial charge on any atom is -0.331 e. The van der Waals surface area contributed by atoms with E-state index >= 15 is 0 Å². The molecule has 0 aromatic carbocycles. The maximum absolute atomic E-state index is 12.9. The molecular weight excluding hydrogens is 300 g/mol. The van der Waals surface area contributed by atoms with E-state index in [1.54, 1.807) is 22.7 Å². The Morgan fingerprint density at radius 3 is 2.14 bits per heavy atom. The first kappa shape index (κ1) is 14.8. The van der Waals surface area contributed by atoms with E-state index in [0.29, 0.717) is 19.0 Å². The predicted octanol–water partition coefficient (Wildman–Crippen LogP) is 3.47. The number of rotatable bonds is 6. The summed E-state index contributed by atoms with van der Waals surface area (Å²) in [5.41, 5.74) is 5.61. The topological polar surface area (TPSA) is 46.3 Å². The number of nitrogens with zero attached hydrogens (tertiary/aromatic N) is 1. The molecule has 1 atom stereocenters. The Morgan fingerprint density at radius 1 is 1.24 bits per heavy atom. The van der Waals surface area contributed by atoms with Gasteiger partial charge in [-0.15, -0.1) is 22.7 Å². The first-order chi connectivity index (χ1) is 10.1. The lowest BCUT2D eigenvalue weighted by atomic mass is 9.95. The summed E-state index contributed by atoms with van der Waals surface area (Å²) in [7, 11) is 0. The van der Waals surface area contributed by atoms with Gasteiger partial charge in [-0.05, 0) is 48.6 Å². The Bertz CT molecular complexity index is 550. The van der Waals surface area contributed by atoms with Gasteiger partial charge in [0.1, 0.15) is 0 Å². The molecule has 0 aliphatic heterocycles. The molecule has 2 heterocycles. The largest absolute Gasteiger partial charge is 0.331 e. The SMILES string of the molecule is CC(N)(C(=O)N(Cc1cccs1)Cc1cccs1)C1CC1. The molecule has 0 bridgehead atoms. The lowest BCUT2D eigenvalue weighted by molar-refractivity contribution is -0.138. The summed E-state index contributed by atoms with van der Waals surface area (Å²) in [5, 5.41) is 4.09. The van der Waals surface area contributed by atoms with Crippen molar-refractivity contribution in [2.75, 3.05) is 0 Å². The monoisotopic (exact) mass is 320 g/mol. The van der Waals surface area contributed by atoms with Gasteiger partial charge in [0.05, 0.1) is 18.6 Å². The zero-order chi connectivity index (χ0) is 14.9. The maximum Gasteiger partial charge on any atom is 0.243 e. The highest BCUT2D eigenvalue weighted by atomic mass is 32.1. The predicted molar refractivity (Wildman–Crippen MR) is 88.2 cm³/mol. The van der Waals surface area contributed by atoms with Crippen LogP contribution in [0.4, 0.5) is 0 Å². The Balaban J connectivity index is 1.78. The molecule has 0 spiro atoms. The second-order valence-corrected chi connectivity index (χ2v) is 7.94. The summed E-state index contributed by atoms with van der Waals surface area (Å²) in [6.07, 6.45) is 2.15. The fourth-order valence-corrected chi connectivity index (χ4v) is 4.02. The molecular formula is C16H20N2OS2. The molecule has 112 valence electrons. The standard InChI is InChI=1S/C16H20N2OS2/c1-16(17,12-6-7-12)15(19)18(10-13-4-2-8-20-13)11-14-5-3-9-21-14/h2-5,8-9,12H,6-7,10-11,17H2,1H3. The number of nitrogens with two attached hydrogens (primary N) is 1. The summed E-state index contributed by atoms with van der Waals surface area (Å²) in [4.78, 5) is 17.2. The number of hydrogen-bond donors (Lipinski definition) is 1. The van der Waals surface area contributed by atoms with Crippen LogP contribution in [-0.2, 0) is 17.9 Å². The van der Waals surface area contributed by atoms with E-state index in [1.165, 1.54) is 9.75 Å². The fourth-order valence-electron chi connectivity index (χ4n) is 2.58. The number of carbonyl (C=O) groups excluding carboxylic acids is 1. The molecule has 1 saturated carbocycles. The Labute approximate surface area is 133 Å². The summed E-state index contributed by atoms with van der Waals surface area (Å²) < 4.78 is 0. The van der Waals surface area contributed by atoms with Gasteiger partial charge >= 0.3 is 0 Å². The summed E-state index contributed by atoms with van der Waals surface area (Å²) >= 11 is 3.37. The second-order valence-electron chi connectivity index (χ2n) is 5.88. The molecule has 5 heteroatoms. The van der Waals surface area contributed by atoms with Crippen LogP contribution in [0, 0.1) is 5.92 Å². The lowest BCUT2D eigenvalue weighted by Gasteiger charge is -2.31. The third kappa shape index (κ3) is 3.36. The van der Waals surface area contributed by atoms with Gasteiger partial charge in [0.15, 0.2) is 0 Å². The fraction of sp³-hybridized carbons (Fsp3) is 0.438. The minimum absolute atomic E-state index is 0.0757. The first-order valence-electron chi connectivity index (χ1n) is 7.20. The van der Waals surface area contributed by atoms with Crippen molar-refractivity contribution >= 4 is 28.6 Å². The van der Waals surface area contributed by atoms with E-state index in [1.807, 2.05) is 34.7 Å². The average Bonchev–Trinajstić information content (AvgIpc) is 2.98. The highest BCUT2D eigenvalue weighted by molar-refractivity contribution is 7.10. The van der Waals surface area contributed by atoms with E-state index in [9.17, 15) is 4.79 Å². The molecule has 2 N–H and O–H groups in total. The van der Waals surface area contributed by atoms with Crippen LogP contribution >= 0.6 is 22.7 Å². The van der Waals surface area contributed by atoms with Crippen molar-refractivity contribution < 1.29 is 4.79 Å². The van der Waals surface area contributed by atoms with Crippen molar-refractivity contribution in [3.8, 4) is 0 Å². The van der Waals surface area contributed by atoms with E-state index in [0.717, 1.165) is 12.8 Å². The smallest absolute Gasteiger partial charge is 0.243 e. The highest BCUT2D eigenvalue weighted by Crippen LogP contribution is 2.39. The number of hydrogen-bond acceptors (Lipinski definition) is 4.